The maximum atomic E-state index is 13.2. The van der Waals surface area contributed by atoms with Crippen LogP contribution in [0.25, 0.3) is 12.2 Å². The van der Waals surface area contributed by atoms with Gasteiger partial charge in [0.1, 0.15) is 11.6 Å². The summed E-state index contributed by atoms with van der Waals surface area (Å²) in [5.74, 6) is -0.507. The van der Waals surface area contributed by atoms with Gasteiger partial charge in [-0.3, -0.25) is 24.1 Å². The quantitative estimate of drug-likeness (QED) is 0.122. The van der Waals surface area contributed by atoms with Crippen LogP contribution in [0.4, 0.5) is 20.2 Å². The van der Waals surface area contributed by atoms with Crippen molar-refractivity contribution in [3.05, 3.63) is 140 Å². The zero-order valence-electron chi connectivity index (χ0n) is 35.0. The molecule has 4 aromatic rings. The number of carbonyl (C=O) groups is 2. The van der Waals surface area contributed by atoms with Crippen molar-refractivity contribution in [2.75, 3.05) is 42.9 Å². The number of benzene rings is 4. The number of amides is 2. The highest BCUT2D eigenvalue weighted by molar-refractivity contribution is 7.92. The third kappa shape index (κ3) is 11.2. The number of sulfonamides is 1. The maximum absolute atomic E-state index is 13.2. The van der Waals surface area contributed by atoms with Crippen LogP contribution in [0, 0.1) is 25.5 Å². The number of nitrogens with two attached hydrogens (primary N) is 1. The minimum Gasteiger partial charge on any atom is -0.398 e. The first kappa shape index (κ1) is 45.2. The molecule has 0 aliphatic carbocycles. The average Bonchev–Trinajstić information content (AvgIpc) is 3.65. The van der Waals surface area contributed by atoms with E-state index in [1.165, 1.54) is 30.3 Å². The van der Waals surface area contributed by atoms with Crippen molar-refractivity contribution < 1.29 is 26.8 Å². The fourth-order valence-electron chi connectivity index (χ4n) is 9.14. The molecule has 8 rings (SSSR count). The predicted octanol–water partition coefficient (Wildman–Crippen LogP) is 8.31. The molecule has 0 spiro atoms. The lowest BCUT2D eigenvalue weighted by atomic mass is 10.1. The monoisotopic (exact) mass is 904 g/mol. The molecule has 62 heavy (non-hydrogen) atoms. The van der Waals surface area contributed by atoms with Gasteiger partial charge in [-0.1, -0.05) is 47.5 Å². The second-order valence-electron chi connectivity index (χ2n) is 16.9. The number of nitrogens with zero attached hydrogens (tertiary/aromatic N) is 4. The predicted molar refractivity (Wildman–Crippen MR) is 244 cm³/mol. The number of halogens is 4. The summed E-state index contributed by atoms with van der Waals surface area (Å²) in [7, 11) is -3.49. The Bertz CT molecular complexity index is 2440. The van der Waals surface area contributed by atoms with Crippen molar-refractivity contribution in [3.63, 3.8) is 0 Å². The van der Waals surface area contributed by atoms with E-state index in [2.05, 4.69) is 14.5 Å². The van der Waals surface area contributed by atoms with Crippen molar-refractivity contribution in [1.29, 1.82) is 0 Å². The summed E-state index contributed by atoms with van der Waals surface area (Å²) in [4.78, 5) is 34.7. The van der Waals surface area contributed by atoms with Crippen LogP contribution in [0.2, 0.25) is 10.0 Å². The van der Waals surface area contributed by atoms with Crippen LogP contribution in [0.1, 0.15) is 59.1 Å². The smallest absolute Gasteiger partial charge is 0.247 e. The van der Waals surface area contributed by atoms with E-state index in [1.54, 1.807) is 48.6 Å². The fraction of sp³-hybridized carbons (Fsp3) is 0.362. The van der Waals surface area contributed by atoms with Crippen LogP contribution in [0.5, 0.6) is 0 Å². The van der Waals surface area contributed by atoms with E-state index in [0.29, 0.717) is 27.0 Å². The summed E-state index contributed by atoms with van der Waals surface area (Å²) in [6, 6.07) is 20.8. The molecule has 0 radical (unpaired) electrons. The van der Waals surface area contributed by atoms with Crippen LogP contribution < -0.4 is 10.5 Å². The van der Waals surface area contributed by atoms with Gasteiger partial charge in [-0.05, 0) is 134 Å². The molecule has 2 amide bonds. The Morgan fingerprint density at radius 1 is 0.677 bits per heavy atom. The molecule has 0 saturated carbocycles. The third-order valence-corrected chi connectivity index (χ3v) is 13.5. The lowest BCUT2D eigenvalue weighted by Gasteiger charge is -2.40. The molecule has 328 valence electrons. The summed E-state index contributed by atoms with van der Waals surface area (Å²) < 4.78 is 52.2. The van der Waals surface area contributed by atoms with E-state index >= 15 is 0 Å². The third-order valence-electron chi connectivity index (χ3n) is 12.1. The SMILES string of the molecule is Cc1cc(/C=C/C(=O)N2C3CCC2CN(Cc2ccc(F)cc2)C3)c(N)cc1Cl.Cc1cc(/C=C/C(=O)N2C3CCC2CN(Cc2ccc(F)cc2)C3)c(NS(C)(=O)=O)cc1Cl. The van der Waals surface area contributed by atoms with Crippen molar-refractivity contribution >= 4 is 68.6 Å². The van der Waals surface area contributed by atoms with Crippen molar-refractivity contribution in [1.82, 2.24) is 19.6 Å². The van der Waals surface area contributed by atoms with E-state index in [0.717, 1.165) is 99.0 Å². The number of hydrogen-bond donors (Lipinski definition) is 2. The van der Waals surface area contributed by atoms with Gasteiger partial charge in [-0.25, -0.2) is 17.2 Å². The van der Waals surface area contributed by atoms with E-state index < -0.39 is 10.0 Å². The minimum absolute atomic E-state index is 0.0333. The number of nitrogens with one attached hydrogen (secondary N) is 1. The van der Waals surface area contributed by atoms with Gasteiger partial charge < -0.3 is 15.5 Å². The molecule has 4 fully saturated rings. The summed E-state index contributed by atoms with van der Waals surface area (Å²) in [5.41, 5.74) is 12.2. The second-order valence-corrected chi connectivity index (χ2v) is 19.4. The molecule has 4 unspecified atom stereocenters. The van der Waals surface area contributed by atoms with Crippen molar-refractivity contribution in [2.24, 2.45) is 0 Å². The minimum atomic E-state index is -3.49. The molecule has 4 atom stereocenters. The van der Waals surface area contributed by atoms with Crippen LogP contribution in [-0.2, 0) is 32.7 Å². The molecule has 0 aromatic heterocycles. The first-order valence-corrected chi connectivity index (χ1v) is 23.4. The number of piperazine rings is 2. The Morgan fingerprint density at radius 2 is 1.06 bits per heavy atom. The summed E-state index contributed by atoms with van der Waals surface area (Å²) >= 11 is 12.3. The van der Waals surface area contributed by atoms with Gasteiger partial charge in [-0.15, -0.1) is 0 Å². The summed E-state index contributed by atoms with van der Waals surface area (Å²) in [6.45, 7) is 8.49. The summed E-state index contributed by atoms with van der Waals surface area (Å²) in [6.07, 6.45) is 11.6. The first-order valence-electron chi connectivity index (χ1n) is 20.8. The number of anilines is 2. The van der Waals surface area contributed by atoms with Crippen molar-refractivity contribution in [2.45, 2.75) is 76.8 Å². The van der Waals surface area contributed by atoms with Crippen molar-refractivity contribution in [3.8, 4) is 0 Å². The zero-order valence-corrected chi connectivity index (χ0v) is 37.4. The molecule has 4 bridgehead atoms. The molecule has 3 N–H and O–H groups in total. The Kier molecular flexibility index (Phi) is 14.1. The van der Waals surface area contributed by atoms with Gasteiger partial charge in [0.25, 0.3) is 0 Å². The topological polar surface area (TPSA) is 119 Å². The van der Waals surface area contributed by atoms with Gasteiger partial charge in [0.05, 0.1) is 11.9 Å². The highest BCUT2D eigenvalue weighted by Gasteiger charge is 2.43. The Hall–Kier alpha value is -4.79. The normalized spacial score (nSPS) is 21.4. The summed E-state index contributed by atoms with van der Waals surface area (Å²) in [5, 5.41) is 1.07. The van der Waals surface area contributed by atoms with Crippen LogP contribution in [0.3, 0.4) is 0 Å². The number of aryl methyl sites for hydroxylation is 2. The van der Waals surface area contributed by atoms with Gasteiger partial charge in [0.2, 0.25) is 21.8 Å². The van der Waals surface area contributed by atoms with Crippen LogP contribution in [-0.4, -0.2) is 96.4 Å². The molecule has 4 aliphatic rings. The number of hydrogen-bond acceptors (Lipinski definition) is 7. The highest BCUT2D eigenvalue weighted by atomic mass is 35.5. The first-order chi connectivity index (χ1) is 29.5. The fourth-order valence-corrected chi connectivity index (χ4v) is 10.1. The molecule has 4 heterocycles. The van der Waals surface area contributed by atoms with E-state index in [1.807, 2.05) is 41.8 Å². The number of rotatable bonds is 10. The number of nitrogen functional groups attached to an aromatic ring is 1. The number of fused-ring (bicyclic) bond motifs is 4. The average molecular weight is 906 g/mol. The Balaban J connectivity index is 0.000000188. The molecular weight excluding hydrogens is 854 g/mol. The molecule has 4 aliphatic heterocycles. The van der Waals surface area contributed by atoms with Crippen LogP contribution in [0.15, 0.2) is 84.9 Å². The number of likely N-dealkylation sites (tertiary alicyclic amines) is 2. The Morgan fingerprint density at radius 3 is 1.48 bits per heavy atom. The van der Waals surface area contributed by atoms with Gasteiger partial charge in [-0.2, -0.15) is 0 Å². The van der Waals surface area contributed by atoms with E-state index in [9.17, 15) is 26.8 Å². The lowest BCUT2D eigenvalue weighted by Crippen LogP contribution is -2.55. The Labute approximate surface area is 373 Å². The highest BCUT2D eigenvalue weighted by Crippen LogP contribution is 2.34. The van der Waals surface area contributed by atoms with Gasteiger partial charge in [0.15, 0.2) is 0 Å². The molecule has 4 aromatic carbocycles. The molecule has 4 saturated heterocycles. The van der Waals surface area contributed by atoms with Crippen LogP contribution >= 0.6 is 23.2 Å². The molecular formula is C47H52Cl2F2N6O4S. The lowest BCUT2D eigenvalue weighted by molar-refractivity contribution is -0.132. The van der Waals surface area contributed by atoms with E-state index in [4.69, 9.17) is 28.9 Å². The standard InChI is InChI=1S/C24H27ClFN3O3S.C23H25ClFN3O/c1-16-11-18(23(12-22(16)25)27-33(2,31)32)5-10-24(30)29-20-8-9-21(29)15-28(14-20)13-17-3-6-19(26)7-4-17;1-15-10-17(22(26)11-21(15)24)4-9-23(29)28-19-7-8-20(28)14-27(13-19)12-16-2-5-18(25)6-3-16/h3-7,10-12,20-21,27H,8-9,13-15H2,1-2H3;2-6,9-11,19-20H,7-8,12-14,26H2,1H3/b10-5+;9-4+. The van der Waals surface area contributed by atoms with E-state index in [-0.39, 0.29) is 47.6 Å². The largest absolute Gasteiger partial charge is 0.398 e. The van der Waals surface area contributed by atoms with Gasteiger partial charge in [0, 0.05) is 91.3 Å². The number of carbonyl (C=O) groups excluding carboxylic acids is 2. The zero-order chi connectivity index (χ0) is 44.3. The second kappa shape index (κ2) is 19.3. The van der Waals surface area contributed by atoms with Gasteiger partial charge >= 0.3 is 0 Å². The maximum Gasteiger partial charge on any atom is 0.247 e. The molecule has 10 nitrogen and oxygen atoms in total. The molecule has 15 heteroatoms.